The minimum absolute atomic E-state index is 0.0880. The molecule has 1 atom stereocenters. The van der Waals surface area contributed by atoms with Crippen molar-refractivity contribution in [2.24, 2.45) is 0 Å². The van der Waals surface area contributed by atoms with Crippen LogP contribution in [-0.4, -0.2) is 24.2 Å². The van der Waals surface area contributed by atoms with Crippen LogP contribution in [0.2, 0.25) is 0 Å². The number of hydrogen-bond donors (Lipinski definition) is 1. The highest BCUT2D eigenvalue weighted by Gasteiger charge is 2.39. The zero-order valence-electron chi connectivity index (χ0n) is 8.84. The van der Waals surface area contributed by atoms with Crippen molar-refractivity contribution < 1.29 is 9.53 Å². The number of carbonyl (C=O) groups excluding carboxylic acids is 1. The van der Waals surface area contributed by atoms with Crippen LogP contribution in [0.15, 0.2) is 0 Å². The quantitative estimate of drug-likeness (QED) is 0.693. The fourth-order valence-corrected chi connectivity index (χ4v) is 2.81. The molecule has 1 saturated heterocycles. The third-order valence-electron chi connectivity index (χ3n) is 3.42. The molecule has 2 rings (SSSR count). The lowest BCUT2D eigenvalue weighted by Gasteiger charge is -2.38. The van der Waals surface area contributed by atoms with Gasteiger partial charge in [-0.25, -0.2) is 0 Å². The Labute approximate surface area is 85.2 Å². The van der Waals surface area contributed by atoms with Gasteiger partial charge in [0.25, 0.3) is 0 Å². The molecule has 0 bridgehead atoms. The van der Waals surface area contributed by atoms with Crippen molar-refractivity contribution in [1.29, 1.82) is 0 Å². The van der Waals surface area contributed by atoms with Crippen molar-refractivity contribution in [3.8, 4) is 0 Å². The molecule has 1 heterocycles. The normalized spacial score (nSPS) is 30.5. The van der Waals surface area contributed by atoms with Gasteiger partial charge in [-0.2, -0.15) is 0 Å². The first kappa shape index (κ1) is 9.97. The Bertz CT molecular complexity index is 221. The van der Waals surface area contributed by atoms with E-state index in [4.69, 9.17) is 4.74 Å². The van der Waals surface area contributed by atoms with Crippen LogP contribution in [0.1, 0.15) is 45.4 Å². The first-order valence-corrected chi connectivity index (χ1v) is 5.61. The Morgan fingerprint density at radius 3 is 2.79 bits per heavy atom. The predicted octanol–water partition coefficient (Wildman–Crippen LogP) is 1.61. The molecule has 1 amide bonds. The molecule has 1 saturated carbocycles. The molecule has 1 N–H and O–H groups in total. The van der Waals surface area contributed by atoms with Gasteiger partial charge in [-0.3, -0.25) is 4.79 Å². The van der Waals surface area contributed by atoms with Gasteiger partial charge in [0, 0.05) is 19.6 Å². The van der Waals surface area contributed by atoms with Gasteiger partial charge in [0.1, 0.15) is 0 Å². The second-order valence-corrected chi connectivity index (χ2v) is 4.63. The maximum atomic E-state index is 11.0. The summed E-state index contributed by atoms with van der Waals surface area (Å²) in [6, 6.07) is 0.347. The number of hydrogen-bond acceptors (Lipinski definition) is 2. The van der Waals surface area contributed by atoms with Gasteiger partial charge in [-0.1, -0.05) is 12.8 Å². The molecule has 3 nitrogen and oxygen atoms in total. The molecule has 14 heavy (non-hydrogen) atoms. The fourth-order valence-electron chi connectivity index (χ4n) is 2.81. The molecule has 0 aromatic carbocycles. The van der Waals surface area contributed by atoms with Crippen LogP contribution < -0.4 is 5.32 Å². The summed E-state index contributed by atoms with van der Waals surface area (Å²) in [5, 5.41) is 3.01. The van der Waals surface area contributed by atoms with Gasteiger partial charge in [-0.05, 0) is 25.7 Å². The molecule has 1 aliphatic heterocycles. The first-order chi connectivity index (χ1) is 6.70. The second-order valence-electron chi connectivity index (χ2n) is 4.63. The molecule has 1 unspecified atom stereocenters. The Hall–Kier alpha value is -0.570. The van der Waals surface area contributed by atoms with Crippen LogP contribution in [0.25, 0.3) is 0 Å². The van der Waals surface area contributed by atoms with Crippen LogP contribution in [0.3, 0.4) is 0 Å². The first-order valence-electron chi connectivity index (χ1n) is 5.61. The van der Waals surface area contributed by atoms with Crippen molar-refractivity contribution in [3.63, 3.8) is 0 Å². The lowest BCUT2D eigenvalue weighted by molar-refractivity contribution is -0.123. The largest absolute Gasteiger partial charge is 0.375 e. The van der Waals surface area contributed by atoms with E-state index < -0.39 is 0 Å². The van der Waals surface area contributed by atoms with Crippen molar-refractivity contribution in [1.82, 2.24) is 5.32 Å². The second kappa shape index (κ2) is 3.89. The summed E-state index contributed by atoms with van der Waals surface area (Å²) in [5.74, 6) is 0.0880. The van der Waals surface area contributed by atoms with Gasteiger partial charge in [-0.15, -0.1) is 0 Å². The third kappa shape index (κ3) is 2.08. The van der Waals surface area contributed by atoms with E-state index in [2.05, 4.69) is 5.32 Å². The smallest absolute Gasteiger partial charge is 0.217 e. The van der Waals surface area contributed by atoms with E-state index in [0.717, 1.165) is 19.4 Å². The SMILES string of the molecule is CC(=O)NC1CCOC2(CCCC2)C1. The summed E-state index contributed by atoms with van der Waals surface area (Å²) in [6.07, 6.45) is 6.93. The zero-order chi connectivity index (χ0) is 10.0. The molecule has 0 radical (unpaired) electrons. The van der Waals surface area contributed by atoms with Crippen LogP contribution in [0.5, 0.6) is 0 Å². The van der Waals surface area contributed by atoms with Crippen LogP contribution in [-0.2, 0) is 9.53 Å². The Morgan fingerprint density at radius 2 is 2.14 bits per heavy atom. The van der Waals surface area contributed by atoms with E-state index in [-0.39, 0.29) is 11.5 Å². The summed E-state index contributed by atoms with van der Waals surface area (Å²) in [5.41, 5.74) is 0.116. The predicted molar refractivity (Wildman–Crippen MR) is 54.0 cm³/mol. The molecule has 80 valence electrons. The highest BCUT2D eigenvalue weighted by molar-refractivity contribution is 5.73. The van der Waals surface area contributed by atoms with E-state index in [1.54, 1.807) is 6.92 Å². The molecule has 2 aliphatic rings. The number of amides is 1. The van der Waals surface area contributed by atoms with E-state index in [9.17, 15) is 4.79 Å². The van der Waals surface area contributed by atoms with E-state index in [1.165, 1.54) is 25.7 Å². The van der Waals surface area contributed by atoms with E-state index in [1.807, 2.05) is 0 Å². The number of nitrogens with one attached hydrogen (secondary N) is 1. The molecular weight excluding hydrogens is 178 g/mol. The summed E-state index contributed by atoms with van der Waals surface area (Å²) < 4.78 is 5.89. The maximum absolute atomic E-state index is 11.0. The number of carbonyl (C=O) groups is 1. The highest BCUT2D eigenvalue weighted by atomic mass is 16.5. The molecule has 3 heteroatoms. The number of ether oxygens (including phenoxy) is 1. The van der Waals surface area contributed by atoms with E-state index in [0.29, 0.717) is 6.04 Å². The average Bonchev–Trinajstić information content (AvgIpc) is 2.52. The fraction of sp³-hybridized carbons (Fsp3) is 0.909. The van der Waals surface area contributed by atoms with Crippen molar-refractivity contribution in [2.75, 3.05) is 6.61 Å². The van der Waals surface area contributed by atoms with Crippen molar-refractivity contribution in [2.45, 2.75) is 57.1 Å². The minimum atomic E-state index is 0.0880. The van der Waals surface area contributed by atoms with Gasteiger partial charge in [0.15, 0.2) is 0 Å². The lowest BCUT2D eigenvalue weighted by atomic mass is 9.89. The summed E-state index contributed by atoms with van der Waals surface area (Å²) >= 11 is 0. The van der Waals surface area contributed by atoms with E-state index >= 15 is 0 Å². The molecule has 1 aliphatic carbocycles. The Balaban J connectivity index is 1.93. The van der Waals surface area contributed by atoms with Gasteiger partial charge < -0.3 is 10.1 Å². The Morgan fingerprint density at radius 1 is 1.43 bits per heavy atom. The van der Waals surface area contributed by atoms with Gasteiger partial charge in [0.05, 0.1) is 5.60 Å². The monoisotopic (exact) mass is 197 g/mol. The average molecular weight is 197 g/mol. The molecule has 0 aromatic heterocycles. The zero-order valence-corrected chi connectivity index (χ0v) is 8.84. The molecule has 0 aromatic rings. The Kier molecular flexibility index (Phi) is 2.77. The highest BCUT2D eigenvalue weighted by Crippen LogP contribution is 2.39. The third-order valence-corrected chi connectivity index (χ3v) is 3.42. The summed E-state index contributed by atoms with van der Waals surface area (Å²) in [4.78, 5) is 11.0. The standard InChI is InChI=1S/C11H19NO2/c1-9(13)12-10-4-7-14-11(8-10)5-2-3-6-11/h10H,2-8H2,1H3,(H,12,13). The topological polar surface area (TPSA) is 38.3 Å². The molecule has 1 spiro atoms. The summed E-state index contributed by atoms with van der Waals surface area (Å²) in [6.45, 7) is 2.40. The van der Waals surface area contributed by atoms with Gasteiger partial charge >= 0.3 is 0 Å². The minimum Gasteiger partial charge on any atom is -0.375 e. The van der Waals surface area contributed by atoms with Crippen LogP contribution in [0, 0.1) is 0 Å². The maximum Gasteiger partial charge on any atom is 0.217 e. The summed E-state index contributed by atoms with van der Waals surface area (Å²) in [7, 11) is 0. The van der Waals surface area contributed by atoms with Crippen LogP contribution >= 0.6 is 0 Å². The van der Waals surface area contributed by atoms with Crippen molar-refractivity contribution in [3.05, 3.63) is 0 Å². The number of rotatable bonds is 1. The molecule has 2 fully saturated rings. The lowest BCUT2D eigenvalue weighted by Crippen LogP contribution is -2.46. The van der Waals surface area contributed by atoms with Gasteiger partial charge in [0.2, 0.25) is 5.91 Å². The van der Waals surface area contributed by atoms with Crippen molar-refractivity contribution >= 4 is 5.91 Å². The molecular formula is C11H19NO2. The van der Waals surface area contributed by atoms with Crippen LogP contribution in [0.4, 0.5) is 0 Å².